The SMILES string of the molecule is CC/C=C(/C)C(=O)Nc1cc(Br)c(F)cc1C. The fourth-order valence-corrected chi connectivity index (χ4v) is 1.74. The van der Waals surface area contributed by atoms with Crippen molar-refractivity contribution >= 4 is 27.5 Å². The van der Waals surface area contributed by atoms with Gasteiger partial charge in [0.25, 0.3) is 5.91 Å². The first-order chi connectivity index (χ1) is 7.95. The van der Waals surface area contributed by atoms with Gasteiger partial charge >= 0.3 is 0 Å². The topological polar surface area (TPSA) is 29.1 Å². The minimum absolute atomic E-state index is 0.159. The summed E-state index contributed by atoms with van der Waals surface area (Å²) in [6.07, 6.45) is 2.66. The third-order valence-electron chi connectivity index (χ3n) is 2.38. The van der Waals surface area contributed by atoms with Crippen LogP contribution in [0.15, 0.2) is 28.3 Å². The van der Waals surface area contributed by atoms with E-state index in [2.05, 4.69) is 21.2 Å². The van der Waals surface area contributed by atoms with Crippen molar-refractivity contribution in [3.63, 3.8) is 0 Å². The van der Waals surface area contributed by atoms with Gasteiger partial charge in [-0.3, -0.25) is 4.79 Å². The predicted octanol–water partition coefficient (Wildman–Crippen LogP) is 4.19. The molecule has 0 bridgehead atoms. The first-order valence-corrected chi connectivity index (χ1v) is 6.18. The molecule has 0 fully saturated rings. The summed E-state index contributed by atoms with van der Waals surface area (Å²) in [5, 5.41) is 2.76. The molecule has 0 radical (unpaired) electrons. The van der Waals surface area contributed by atoms with Gasteiger partial charge in [0.05, 0.1) is 4.47 Å². The molecule has 0 spiro atoms. The van der Waals surface area contributed by atoms with E-state index in [0.717, 1.165) is 6.42 Å². The van der Waals surface area contributed by atoms with Crippen molar-refractivity contribution in [2.24, 2.45) is 0 Å². The fourth-order valence-electron chi connectivity index (χ4n) is 1.40. The van der Waals surface area contributed by atoms with E-state index in [1.54, 1.807) is 19.9 Å². The molecule has 0 aliphatic carbocycles. The van der Waals surface area contributed by atoms with E-state index in [-0.39, 0.29) is 11.7 Å². The smallest absolute Gasteiger partial charge is 0.250 e. The van der Waals surface area contributed by atoms with Gasteiger partial charge in [-0.2, -0.15) is 0 Å². The van der Waals surface area contributed by atoms with Crippen molar-refractivity contribution < 1.29 is 9.18 Å². The molecule has 4 heteroatoms. The zero-order chi connectivity index (χ0) is 13.0. The standard InChI is InChI=1S/C13H15BrFNO/c1-4-5-8(2)13(17)16-12-7-10(14)11(15)6-9(12)3/h5-7H,4H2,1-3H3,(H,16,17)/b8-5-. The highest BCUT2D eigenvalue weighted by atomic mass is 79.9. The van der Waals surface area contributed by atoms with E-state index in [1.165, 1.54) is 6.07 Å². The summed E-state index contributed by atoms with van der Waals surface area (Å²) in [5.41, 5.74) is 1.97. The second-order valence-corrected chi connectivity index (χ2v) is 4.69. The lowest BCUT2D eigenvalue weighted by atomic mass is 10.1. The Hall–Kier alpha value is -1.16. The van der Waals surface area contributed by atoms with Crippen LogP contribution in [-0.4, -0.2) is 5.91 Å². The molecule has 0 saturated carbocycles. The van der Waals surface area contributed by atoms with E-state index in [9.17, 15) is 9.18 Å². The summed E-state index contributed by atoms with van der Waals surface area (Å²) in [4.78, 5) is 11.8. The molecule has 1 N–H and O–H groups in total. The largest absolute Gasteiger partial charge is 0.322 e. The third-order valence-corrected chi connectivity index (χ3v) is 2.99. The van der Waals surface area contributed by atoms with Gasteiger partial charge in [0.15, 0.2) is 0 Å². The summed E-state index contributed by atoms with van der Waals surface area (Å²) in [5.74, 6) is -0.491. The lowest BCUT2D eigenvalue weighted by molar-refractivity contribution is -0.112. The van der Waals surface area contributed by atoms with Gasteiger partial charge in [-0.1, -0.05) is 13.0 Å². The van der Waals surface area contributed by atoms with E-state index in [1.807, 2.05) is 13.0 Å². The van der Waals surface area contributed by atoms with Gasteiger partial charge in [0.1, 0.15) is 5.82 Å². The van der Waals surface area contributed by atoms with E-state index < -0.39 is 0 Å². The summed E-state index contributed by atoms with van der Waals surface area (Å²) in [7, 11) is 0. The number of halogens is 2. The highest BCUT2D eigenvalue weighted by Crippen LogP contribution is 2.24. The number of amides is 1. The monoisotopic (exact) mass is 299 g/mol. The summed E-state index contributed by atoms with van der Waals surface area (Å²) >= 11 is 3.10. The number of aryl methyl sites for hydroxylation is 1. The zero-order valence-corrected chi connectivity index (χ0v) is 11.7. The number of hydrogen-bond acceptors (Lipinski definition) is 1. The molecular formula is C13H15BrFNO. The molecule has 0 aliphatic heterocycles. The maximum absolute atomic E-state index is 13.2. The molecule has 2 nitrogen and oxygen atoms in total. The summed E-state index contributed by atoms with van der Waals surface area (Å²) < 4.78 is 13.5. The lowest BCUT2D eigenvalue weighted by Crippen LogP contribution is -2.13. The maximum atomic E-state index is 13.2. The second kappa shape index (κ2) is 5.96. The lowest BCUT2D eigenvalue weighted by Gasteiger charge is -2.09. The van der Waals surface area contributed by atoms with Crippen molar-refractivity contribution in [2.75, 3.05) is 5.32 Å². The van der Waals surface area contributed by atoms with Crippen LogP contribution in [-0.2, 0) is 4.79 Å². The quantitative estimate of drug-likeness (QED) is 0.833. The average molecular weight is 300 g/mol. The van der Waals surface area contributed by atoms with E-state index in [4.69, 9.17) is 0 Å². The van der Waals surface area contributed by atoms with Crippen molar-refractivity contribution in [3.8, 4) is 0 Å². The highest BCUT2D eigenvalue weighted by molar-refractivity contribution is 9.10. The Morgan fingerprint density at radius 1 is 1.53 bits per heavy atom. The van der Waals surface area contributed by atoms with Crippen molar-refractivity contribution in [3.05, 3.63) is 39.6 Å². The number of carbonyl (C=O) groups excluding carboxylic acids is 1. The molecule has 92 valence electrons. The molecule has 1 aromatic carbocycles. The molecule has 1 amide bonds. The Morgan fingerprint density at radius 2 is 2.18 bits per heavy atom. The second-order valence-electron chi connectivity index (χ2n) is 3.83. The molecule has 1 rings (SSSR count). The van der Waals surface area contributed by atoms with Crippen molar-refractivity contribution in [1.82, 2.24) is 0 Å². The number of nitrogens with one attached hydrogen (secondary N) is 1. The molecule has 1 aromatic rings. The van der Waals surface area contributed by atoms with Gasteiger partial charge in [-0.15, -0.1) is 0 Å². The molecule has 17 heavy (non-hydrogen) atoms. The highest BCUT2D eigenvalue weighted by Gasteiger charge is 2.09. The van der Waals surface area contributed by atoms with Gasteiger partial charge < -0.3 is 5.32 Å². The predicted molar refractivity (Wildman–Crippen MR) is 71.5 cm³/mol. The van der Waals surface area contributed by atoms with Crippen LogP contribution in [0.4, 0.5) is 10.1 Å². The van der Waals surface area contributed by atoms with Crippen molar-refractivity contribution in [1.29, 1.82) is 0 Å². The molecule has 0 heterocycles. The van der Waals surface area contributed by atoms with Crippen molar-refractivity contribution in [2.45, 2.75) is 27.2 Å². The molecule has 0 saturated heterocycles. The molecule has 0 aliphatic rings. The van der Waals surface area contributed by atoms with E-state index in [0.29, 0.717) is 21.3 Å². The zero-order valence-electron chi connectivity index (χ0n) is 10.1. The van der Waals surface area contributed by atoms with Crippen LogP contribution >= 0.6 is 15.9 Å². The number of anilines is 1. The van der Waals surface area contributed by atoms with Crippen LogP contribution in [0, 0.1) is 12.7 Å². The van der Waals surface area contributed by atoms with Gasteiger partial charge in [-0.25, -0.2) is 4.39 Å². The molecule has 0 atom stereocenters. The van der Waals surface area contributed by atoms with Crippen LogP contribution in [0.25, 0.3) is 0 Å². The van der Waals surface area contributed by atoms with E-state index >= 15 is 0 Å². The van der Waals surface area contributed by atoms with Crippen LogP contribution < -0.4 is 5.32 Å². The number of rotatable bonds is 3. The minimum atomic E-state index is -0.332. The summed E-state index contributed by atoms with van der Waals surface area (Å²) in [6, 6.07) is 2.96. The van der Waals surface area contributed by atoms with Gasteiger partial charge in [-0.05, 0) is 53.9 Å². The Balaban J connectivity index is 2.93. The Bertz CT molecular complexity index is 469. The Labute approximate surface area is 109 Å². The van der Waals surface area contributed by atoms with Gasteiger partial charge in [0, 0.05) is 11.3 Å². The number of allylic oxidation sites excluding steroid dienone is 1. The minimum Gasteiger partial charge on any atom is -0.322 e. The normalized spacial score (nSPS) is 11.5. The van der Waals surface area contributed by atoms with Crippen LogP contribution in [0.2, 0.25) is 0 Å². The van der Waals surface area contributed by atoms with Gasteiger partial charge in [0.2, 0.25) is 0 Å². The Kier molecular flexibility index (Phi) is 4.87. The Morgan fingerprint density at radius 3 is 2.76 bits per heavy atom. The van der Waals surface area contributed by atoms with Crippen LogP contribution in [0.1, 0.15) is 25.8 Å². The third kappa shape index (κ3) is 3.66. The first-order valence-electron chi connectivity index (χ1n) is 5.39. The number of carbonyl (C=O) groups is 1. The number of hydrogen-bond donors (Lipinski definition) is 1. The van der Waals surface area contributed by atoms with Crippen LogP contribution in [0.5, 0.6) is 0 Å². The van der Waals surface area contributed by atoms with Crippen LogP contribution in [0.3, 0.4) is 0 Å². The molecule has 0 aromatic heterocycles. The molecule has 0 unspecified atom stereocenters. The maximum Gasteiger partial charge on any atom is 0.250 e. The molecular weight excluding hydrogens is 285 g/mol. The fraction of sp³-hybridized carbons (Fsp3) is 0.308. The number of benzene rings is 1. The average Bonchev–Trinajstić information content (AvgIpc) is 2.26. The first kappa shape index (κ1) is 13.9. The summed E-state index contributed by atoms with van der Waals surface area (Å²) in [6.45, 7) is 5.48.